The molecule has 2 aromatic rings. The van der Waals surface area contributed by atoms with Crippen LogP contribution in [0.15, 0.2) is 64.8 Å². The highest BCUT2D eigenvalue weighted by Crippen LogP contribution is 2.22. The molecule has 0 radical (unpaired) electrons. The van der Waals surface area contributed by atoms with Gasteiger partial charge in [0.05, 0.1) is 11.4 Å². The molecule has 0 bridgehead atoms. The Morgan fingerprint density at radius 3 is 2.10 bits per heavy atom. The highest BCUT2D eigenvalue weighted by Gasteiger charge is 2.08. The Morgan fingerprint density at radius 2 is 1.57 bits per heavy atom. The number of carboxylic acid groups (broad SMARTS) is 1. The molecule has 2 aromatic carbocycles. The molecule has 0 aromatic heterocycles. The van der Waals surface area contributed by atoms with Crippen molar-refractivity contribution in [2.75, 3.05) is 18.0 Å². The highest BCUT2D eigenvalue weighted by molar-refractivity contribution is 5.73. The lowest BCUT2D eigenvalue weighted by Gasteiger charge is -2.20. The minimum absolute atomic E-state index is 0.0125. The number of likely N-dealkylation sites (N-methyl/N-ethyl adjacent to an activating group) is 1. The zero-order valence-electron chi connectivity index (χ0n) is 11.8. The minimum Gasteiger partial charge on any atom is -0.480 e. The Hall–Kier alpha value is -2.69. The van der Waals surface area contributed by atoms with Gasteiger partial charge >= 0.3 is 5.97 Å². The predicted octanol–water partition coefficient (Wildman–Crippen LogP) is 4.01. The van der Waals surface area contributed by atoms with Crippen molar-refractivity contribution in [1.82, 2.24) is 0 Å². The Labute approximate surface area is 123 Å². The second-order valence-corrected chi connectivity index (χ2v) is 4.46. The van der Waals surface area contributed by atoms with Crippen molar-refractivity contribution < 1.29 is 9.90 Å². The monoisotopic (exact) mass is 283 g/mol. The molecule has 5 nitrogen and oxygen atoms in total. The van der Waals surface area contributed by atoms with E-state index in [0.29, 0.717) is 6.54 Å². The number of hydrogen-bond donors (Lipinski definition) is 1. The Kier molecular flexibility index (Phi) is 5.04. The first kappa shape index (κ1) is 14.7. The van der Waals surface area contributed by atoms with Crippen LogP contribution in [0.3, 0.4) is 0 Å². The molecule has 0 saturated carbocycles. The van der Waals surface area contributed by atoms with Crippen LogP contribution in [-0.4, -0.2) is 24.2 Å². The van der Waals surface area contributed by atoms with Gasteiger partial charge in [-0.05, 0) is 43.3 Å². The maximum Gasteiger partial charge on any atom is 0.323 e. The van der Waals surface area contributed by atoms with Crippen molar-refractivity contribution in [2.24, 2.45) is 10.2 Å². The largest absolute Gasteiger partial charge is 0.480 e. The van der Waals surface area contributed by atoms with Crippen LogP contribution in [0.4, 0.5) is 17.1 Å². The molecule has 0 aliphatic rings. The van der Waals surface area contributed by atoms with Gasteiger partial charge in [-0.15, -0.1) is 0 Å². The van der Waals surface area contributed by atoms with Gasteiger partial charge in [-0.3, -0.25) is 4.79 Å². The lowest BCUT2D eigenvalue weighted by atomic mass is 10.2. The van der Waals surface area contributed by atoms with Gasteiger partial charge in [0.15, 0.2) is 0 Å². The van der Waals surface area contributed by atoms with Crippen LogP contribution in [0.1, 0.15) is 6.92 Å². The predicted molar refractivity (Wildman–Crippen MR) is 82.6 cm³/mol. The Morgan fingerprint density at radius 1 is 1.00 bits per heavy atom. The Balaban J connectivity index is 2.08. The number of nitrogens with zero attached hydrogens (tertiary/aromatic N) is 3. The van der Waals surface area contributed by atoms with Crippen molar-refractivity contribution in [3.05, 3.63) is 54.6 Å². The van der Waals surface area contributed by atoms with Crippen molar-refractivity contribution in [2.45, 2.75) is 6.92 Å². The number of azo groups is 1. The van der Waals surface area contributed by atoms with Crippen LogP contribution < -0.4 is 4.90 Å². The van der Waals surface area contributed by atoms with Crippen LogP contribution in [0.2, 0.25) is 0 Å². The van der Waals surface area contributed by atoms with Crippen LogP contribution >= 0.6 is 0 Å². The fourth-order valence-electron chi connectivity index (χ4n) is 1.89. The van der Waals surface area contributed by atoms with E-state index in [-0.39, 0.29) is 6.54 Å². The summed E-state index contributed by atoms with van der Waals surface area (Å²) in [4.78, 5) is 12.6. The van der Waals surface area contributed by atoms with Crippen LogP contribution in [0, 0.1) is 0 Å². The third kappa shape index (κ3) is 4.42. The summed E-state index contributed by atoms with van der Waals surface area (Å²) in [5, 5.41) is 17.2. The second-order valence-electron chi connectivity index (χ2n) is 4.46. The van der Waals surface area contributed by atoms with Crippen molar-refractivity contribution in [3.63, 3.8) is 0 Å². The van der Waals surface area contributed by atoms with Crippen LogP contribution in [0.5, 0.6) is 0 Å². The van der Waals surface area contributed by atoms with E-state index in [4.69, 9.17) is 5.11 Å². The second kappa shape index (κ2) is 7.19. The topological polar surface area (TPSA) is 65.3 Å². The van der Waals surface area contributed by atoms with Gasteiger partial charge in [-0.2, -0.15) is 10.2 Å². The molecule has 0 amide bonds. The van der Waals surface area contributed by atoms with Gasteiger partial charge in [0, 0.05) is 12.2 Å². The molecular weight excluding hydrogens is 266 g/mol. The summed E-state index contributed by atoms with van der Waals surface area (Å²) in [5.74, 6) is -0.843. The summed E-state index contributed by atoms with van der Waals surface area (Å²) in [7, 11) is 0. The van der Waals surface area contributed by atoms with E-state index in [1.54, 1.807) is 4.90 Å². The standard InChI is InChI=1S/C16H17N3O2/c1-2-19(12-16(20)21)15-10-8-14(9-11-15)18-17-13-6-4-3-5-7-13/h3-11H,2,12H2,1H3,(H,20,21). The molecule has 5 heteroatoms. The third-order valence-electron chi connectivity index (χ3n) is 2.96. The number of anilines is 1. The maximum absolute atomic E-state index is 10.8. The van der Waals surface area contributed by atoms with E-state index in [0.717, 1.165) is 17.1 Å². The van der Waals surface area contributed by atoms with E-state index in [1.165, 1.54) is 0 Å². The zero-order valence-corrected chi connectivity index (χ0v) is 11.8. The van der Waals surface area contributed by atoms with E-state index in [2.05, 4.69) is 10.2 Å². The van der Waals surface area contributed by atoms with Crippen molar-refractivity contribution in [3.8, 4) is 0 Å². The smallest absolute Gasteiger partial charge is 0.323 e. The zero-order chi connectivity index (χ0) is 15.1. The van der Waals surface area contributed by atoms with Crippen LogP contribution in [-0.2, 0) is 4.79 Å². The fourth-order valence-corrected chi connectivity index (χ4v) is 1.89. The number of aliphatic carboxylic acids is 1. The number of hydrogen-bond acceptors (Lipinski definition) is 4. The van der Waals surface area contributed by atoms with Gasteiger partial charge < -0.3 is 10.0 Å². The molecule has 21 heavy (non-hydrogen) atoms. The highest BCUT2D eigenvalue weighted by atomic mass is 16.4. The van der Waals surface area contributed by atoms with Gasteiger partial charge in [0.25, 0.3) is 0 Å². The third-order valence-corrected chi connectivity index (χ3v) is 2.96. The fraction of sp³-hybridized carbons (Fsp3) is 0.188. The first-order valence-electron chi connectivity index (χ1n) is 6.72. The van der Waals surface area contributed by atoms with Gasteiger partial charge in [-0.25, -0.2) is 0 Å². The van der Waals surface area contributed by atoms with Gasteiger partial charge in [0.2, 0.25) is 0 Å². The average molecular weight is 283 g/mol. The van der Waals surface area contributed by atoms with E-state index in [9.17, 15) is 4.79 Å². The molecule has 0 spiro atoms. The molecule has 0 aliphatic heterocycles. The van der Waals surface area contributed by atoms with E-state index in [1.807, 2.05) is 61.5 Å². The first-order valence-corrected chi connectivity index (χ1v) is 6.72. The molecule has 0 saturated heterocycles. The Bertz CT molecular complexity index is 609. The lowest BCUT2D eigenvalue weighted by Crippen LogP contribution is -2.29. The maximum atomic E-state index is 10.8. The molecule has 0 aliphatic carbocycles. The molecule has 108 valence electrons. The number of carboxylic acids is 1. The summed E-state index contributed by atoms with van der Waals surface area (Å²) in [6.45, 7) is 2.55. The van der Waals surface area contributed by atoms with Crippen LogP contribution in [0.25, 0.3) is 0 Å². The molecule has 0 heterocycles. The molecule has 0 unspecified atom stereocenters. The van der Waals surface area contributed by atoms with Gasteiger partial charge in [0.1, 0.15) is 6.54 Å². The summed E-state index contributed by atoms with van der Waals surface area (Å²) in [5.41, 5.74) is 2.38. The summed E-state index contributed by atoms with van der Waals surface area (Å²) >= 11 is 0. The van der Waals surface area contributed by atoms with E-state index >= 15 is 0 Å². The average Bonchev–Trinajstić information content (AvgIpc) is 2.52. The number of carbonyl (C=O) groups is 1. The molecule has 0 fully saturated rings. The molecular formula is C16H17N3O2. The first-order chi connectivity index (χ1) is 10.2. The quantitative estimate of drug-likeness (QED) is 0.814. The van der Waals surface area contributed by atoms with Crippen molar-refractivity contribution >= 4 is 23.0 Å². The summed E-state index contributed by atoms with van der Waals surface area (Å²) in [6, 6.07) is 16.9. The van der Waals surface area contributed by atoms with E-state index < -0.39 is 5.97 Å². The van der Waals surface area contributed by atoms with Gasteiger partial charge in [-0.1, -0.05) is 18.2 Å². The number of benzene rings is 2. The SMILES string of the molecule is CCN(CC(=O)O)c1ccc(N=Nc2ccccc2)cc1. The molecule has 2 rings (SSSR count). The van der Waals surface area contributed by atoms with Crippen molar-refractivity contribution in [1.29, 1.82) is 0 Å². The normalized spacial score (nSPS) is 10.7. The number of rotatable bonds is 6. The summed E-state index contributed by atoms with van der Waals surface area (Å²) in [6.07, 6.45) is 0. The molecule has 0 atom stereocenters. The summed E-state index contributed by atoms with van der Waals surface area (Å²) < 4.78 is 0. The lowest BCUT2D eigenvalue weighted by molar-refractivity contribution is -0.135. The molecule has 1 N–H and O–H groups in total. The minimum atomic E-state index is -0.843.